The molecule has 0 bridgehead atoms. The molecule has 3 aromatic rings. The van der Waals surface area contributed by atoms with Crippen molar-refractivity contribution < 1.29 is 9.53 Å². The predicted octanol–water partition coefficient (Wildman–Crippen LogP) is 3.79. The summed E-state index contributed by atoms with van der Waals surface area (Å²) in [5.74, 6) is 0.638. The molecule has 0 radical (unpaired) electrons. The molecule has 1 heterocycles. The number of hydrogen-bond acceptors (Lipinski definition) is 6. The Labute approximate surface area is 162 Å². The maximum atomic E-state index is 12.4. The van der Waals surface area contributed by atoms with Crippen molar-refractivity contribution in [3.63, 3.8) is 0 Å². The van der Waals surface area contributed by atoms with Crippen LogP contribution in [-0.4, -0.2) is 36.8 Å². The molecule has 27 heavy (non-hydrogen) atoms. The Bertz CT molecular complexity index is 909. The Morgan fingerprint density at radius 3 is 2.63 bits per heavy atom. The third kappa shape index (κ3) is 5.04. The number of amides is 1. The van der Waals surface area contributed by atoms with Gasteiger partial charge in [-0.25, -0.2) is 0 Å². The fourth-order valence-corrected chi connectivity index (χ4v) is 3.36. The number of rotatable bonds is 7. The van der Waals surface area contributed by atoms with Gasteiger partial charge < -0.3 is 9.64 Å². The summed E-state index contributed by atoms with van der Waals surface area (Å²) in [5, 5.41) is 12.3. The molecule has 1 amide bonds. The van der Waals surface area contributed by atoms with E-state index in [9.17, 15) is 4.79 Å². The van der Waals surface area contributed by atoms with E-state index >= 15 is 0 Å². The van der Waals surface area contributed by atoms with Crippen LogP contribution in [0.25, 0.3) is 0 Å². The monoisotopic (exact) mass is 382 g/mol. The van der Waals surface area contributed by atoms with Gasteiger partial charge in [0, 0.05) is 31.8 Å². The van der Waals surface area contributed by atoms with Gasteiger partial charge in [-0.15, -0.1) is 10.2 Å². The van der Waals surface area contributed by atoms with Crippen molar-refractivity contribution in [3.05, 3.63) is 64.7 Å². The zero-order chi connectivity index (χ0) is 19.2. The first-order valence-electron chi connectivity index (χ1n) is 8.62. The van der Waals surface area contributed by atoms with Crippen LogP contribution >= 0.6 is 11.3 Å². The second kappa shape index (κ2) is 8.64. The summed E-state index contributed by atoms with van der Waals surface area (Å²) in [6, 6.07) is 15.3. The molecule has 0 saturated carbocycles. The van der Waals surface area contributed by atoms with Crippen LogP contribution in [0.3, 0.4) is 0 Å². The number of anilines is 2. The highest BCUT2D eigenvalue weighted by Crippen LogP contribution is 2.21. The van der Waals surface area contributed by atoms with Crippen LogP contribution in [-0.2, 0) is 6.42 Å². The van der Waals surface area contributed by atoms with Gasteiger partial charge >= 0.3 is 0 Å². The summed E-state index contributed by atoms with van der Waals surface area (Å²) < 4.78 is 5.66. The first-order valence-corrected chi connectivity index (χ1v) is 9.44. The summed E-state index contributed by atoms with van der Waals surface area (Å²) >= 11 is 1.36. The summed E-state index contributed by atoms with van der Waals surface area (Å²) in [7, 11) is 3.96. The van der Waals surface area contributed by atoms with Crippen molar-refractivity contribution >= 4 is 28.1 Å². The smallest absolute Gasteiger partial charge is 0.257 e. The van der Waals surface area contributed by atoms with E-state index in [1.807, 2.05) is 74.4 Å². The minimum Gasteiger partial charge on any atom is -0.493 e. The van der Waals surface area contributed by atoms with E-state index in [2.05, 4.69) is 15.5 Å². The van der Waals surface area contributed by atoms with Crippen molar-refractivity contribution in [2.24, 2.45) is 0 Å². The number of nitrogens with one attached hydrogen (secondary N) is 1. The molecule has 6 nitrogen and oxygen atoms in total. The third-order valence-electron chi connectivity index (χ3n) is 3.96. The summed E-state index contributed by atoms with van der Waals surface area (Å²) in [6.07, 6.45) is 0.638. The molecule has 0 saturated heterocycles. The largest absolute Gasteiger partial charge is 0.493 e. The maximum absolute atomic E-state index is 12.4. The Morgan fingerprint density at radius 1 is 1.15 bits per heavy atom. The van der Waals surface area contributed by atoms with Gasteiger partial charge in [-0.1, -0.05) is 29.5 Å². The van der Waals surface area contributed by atoms with E-state index < -0.39 is 0 Å². The maximum Gasteiger partial charge on any atom is 0.257 e. The van der Waals surface area contributed by atoms with Gasteiger partial charge in [-0.2, -0.15) is 0 Å². The minimum absolute atomic E-state index is 0.188. The number of benzene rings is 2. The molecule has 0 aliphatic heterocycles. The number of ether oxygens (including phenoxy) is 1. The first-order chi connectivity index (χ1) is 13.0. The molecule has 140 valence electrons. The number of carbonyl (C=O) groups excluding carboxylic acids is 1. The molecular weight excluding hydrogens is 360 g/mol. The van der Waals surface area contributed by atoms with Crippen molar-refractivity contribution in [3.8, 4) is 5.75 Å². The number of nitrogens with zero attached hydrogens (tertiary/aromatic N) is 3. The van der Waals surface area contributed by atoms with Crippen LogP contribution < -0.4 is 15.0 Å². The zero-order valence-electron chi connectivity index (χ0n) is 15.6. The molecular formula is C20H22N4O2S. The van der Waals surface area contributed by atoms with E-state index in [4.69, 9.17) is 4.74 Å². The molecule has 0 aliphatic carbocycles. The highest BCUT2D eigenvalue weighted by molar-refractivity contribution is 7.15. The Balaban J connectivity index is 1.55. The van der Waals surface area contributed by atoms with Gasteiger partial charge in [0.1, 0.15) is 10.8 Å². The molecule has 2 aromatic carbocycles. The summed E-state index contributed by atoms with van der Waals surface area (Å²) in [4.78, 5) is 14.5. The van der Waals surface area contributed by atoms with E-state index in [0.29, 0.717) is 23.7 Å². The lowest BCUT2D eigenvalue weighted by molar-refractivity contribution is 0.102. The van der Waals surface area contributed by atoms with Crippen LogP contribution in [0, 0.1) is 6.92 Å². The number of aromatic nitrogens is 2. The summed E-state index contributed by atoms with van der Waals surface area (Å²) in [6.45, 7) is 2.50. The van der Waals surface area contributed by atoms with E-state index in [0.717, 1.165) is 22.0 Å². The topological polar surface area (TPSA) is 67.3 Å². The molecule has 0 unspecified atom stereocenters. The predicted molar refractivity (Wildman–Crippen MR) is 109 cm³/mol. The average Bonchev–Trinajstić information content (AvgIpc) is 3.09. The van der Waals surface area contributed by atoms with Crippen LogP contribution in [0.5, 0.6) is 5.75 Å². The molecule has 1 aromatic heterocycles. The first kappa shape index (κ1) is 18.8. The fourth-order valence-electron chi connectivity index (χ4n) is 2.65. The average molecular weight is 382 g/mol. The standard InChI is InChI=1S/C20H22N4O2S/c1-14-13-15(9-10-17(14)24(2)3)19(25)21-20-23-22-18(27-20)11-12-26-16-7-5-4-6-8-16/h4-10,13H,11-12H2,1-3H3,(H,21,23,25). The van der Waals surface area contributed by atoms with Crippen LogP contribution in [0.15, 0.2) is 48.5 Å². The van der Waals surface area contributed by atoms with Crippen LogP contribution in [0.4, 0.5) is 10.8 Å². The van der Waals surface area contributed by atoms with Crippen molar-refractivity contribution in [1.82, 2.24) is 10.2 Å². The number of carbonyl (C=O) groups is 1. The van der Waals surface area contributed by atoms with E-state index in [1.54, 1.807) is 0 Å². The second-order valence-corrected chi connectivity index (χ2v) is 7.32. The molecule has 0 spiro atoms. The highest BCUT2D eigenvalue weighted by atomic mass is 32.1. The molecule has 1 N–H and O–H groups in total. The molecule has 0 fully saturated rings. The lowest BCUT2D eigenvalue weighted by Gasteiger charge is -2.16. The van der Waals surface area contributed by atoms with Crippen molar-refractivity contribution in [2.45, 2.75) is 13.3 Å². The van der Waals surface area contributed by atoms with Gasteiger partial charge in [-0.3, -0.25) is 10.1 Å². The molecule has 0 aliphatic rings. The van der Waals surface area contributed by atoms with E-state index in [1.165, 1.54) is 11.3 Å². The lowest BCUT2D eigenvalue weighted by Crippen LogP contribution is -2.14. The number of aryl methyl sites for hydroxylation is 1. The van der Waals surface area contributed by atoms with Gasteiger partial charge in [0.25, 0.3) is 5.91 Å². The van der Waals surface area contributed by atoms with Crippen molar-refractivity contribution in [1.29, 1.82) is 0 Å². The highest BCUT2D eigenvalue weighted by Gasteiger charge is 2.12. The Hall–Kier alpha value is -2.93. The van der Waals surface area contributed by atoms with Crippen molar-refractivity contribution in [2.75, 3.05) is 30.9 Å². The minimum atomic E-state index is -0.188. The Kier molecular flexibility index (Phi) is 6.03. The van der Waals surface area contributed by atoms with Crippen LogP contribution in [0.1, 0.15) is 20.9 Å². The molecule has 3 rings (SSSR count). The van der Waals surface area contributed by atoms with Gasteiger partial charge in [0.2, 0.25) is 5.13 Å². The zero-order valence-corrected chi connectivity index (χ0v) is 16.4. The molecule has 7 heteroatoms. The second-order valence-electron chi connectivity index (χ2n) is 6.26. The van der Waals surface area contributed by atoms with Gasteiger partial charge in [0.15, 0.2) is 0 Å². The van der Waals surface area contributed by atoms with E-state index in [-0.39, 0.29) is 5.91 Å². The van der Waals surface area contributed by atoms with Gasteiger partial charge in [-0.05, 0) is 42.8 Å². The molecule has 0 atom stereocenters. The lowest BCUT2D eigenvalue weighted by atomic mass is 10.1. The van der Waals surface area contributed by atoms with Gasteiger partial charge in [0.05, 0.1) is 6.61 Å². The summed E-state index contributed by atoms with van der Waals surface area (Å²) in [5.41, 5.74) is 2.73. The van der Waals surface area contributed by atoms with Crippen LogP contribution in [0.2, 0.25) is 0 Å². The third-order valence-corrected chi connectivity index (χ3v) is 4.85. The normalized spacial score (nSPS) is 10.5. The quantitative estimate of drug-likeness (QED) is 0.673. The number of para-hydroxylation sites is 1. The number of hydrogen-bond donors (Lipinski definition) is 1. The Morgan fingerprint density at radius 2 is 1.93 bits per heavy atom. The fraction of sp³-hybridized carbons (Fsp3) is 0.250. The SMILES string of the molecule is Cc1cc(C(=O)Nc2nnc(CCOc3ccccc3)s2)ccc1N(C)C.